The largest absolute Gasteiger partial charge is 0.457 e. The smallest absolute Gasteiger partial charge is 0.274 e. The predicted molar refractivity (Wildman–Crippen MR) is 87.6 cm³/mol. The molecule has 110 valence electrons. The van der Waals surface area contributed by atoms with Crippen LogP contribution in [0.1, 0.15) is 18.5 Å². The summed E-state index contributed by atoms with van der Waals surface area (Å²) in [6.07, 6.45) is 0. The molecule has 0 aliphatic heterocycles. The molecule has 0 spiro atoms. The van der Waals surface area contributed by atoms with Crippen molar-refractivity contribution in [2.24, 2.45) is 5.73 Å². The fraction of sp³-hybridized carbons (Fsp3) is 0.143. The number of rotatable bonds is 4. The minimum absolute atomic E-state index is 0.0427. The summed E-state index contributed by atoms with van der Waals surface area (Å²) in [5.74, 6) is 0.945. The highest BCUT2D eigenvalue weighted by atomic mass is 79.9. The van der Waals surface area contributed by atoms with Crippen LogP contribution in [0.4, 0.5) is 5.69 Å². The van der Waals surface area contributed by atoms with Crippen molar-refractivity contribution in [2.45, 2.75) is 13.0 Å². The lowest BCUT2D eigenvalue weighted by molar-refractivity contribution is -0.385. The van der Waals surface area contributed by atoms with Crippen molar-refractivity contribution in [3.8, 4) is 11.5 Å². The van der Waals surface area contributed by atoms with Crippen molar-refractivity contribution < 1.29 is 9.66 Å². The van der Waals surface area contributed by atoms with Gasteiger partial charge in [0.05, 0.1) is 11.0 Å². The average molecular weight is 416 g/mol. The van der Waals surface area contributed by atoms with Crippen LogP contribution in [0.5, 0.6) is 11.5 Å². The van der Waals surface area contributed by atoms with Crippen molar-refractivity contribution in [2.75, 3.05) is 0 Å². The van der Waals surface area contributed by atoms with Crippen LogP contribution in [0.3, 0.4) is 0 Å². The summed E-state index contributed by atoms with van der Waals surface area (Å²) in [5.41, 5.74) is 6.70. The maximum Gasteiger partial charge on any atom is 0.274 e. The van der Waals surface area contributed by atoms with E-state index in [9.17, 15) is 10.1 Å². The van der Waals surface area contributed by atoms with Crippen molar-refractivity contribution in [3.63, 3.8) is 0 Å². The molecule has 0 bridgehead atoms. The molecule has 0 aromatic heterocycles. The number of ether oxygens (including phenoxy) is 1. The summed E-state index contributed by atoms with van der Waals surface area (Å²) >= 11 is 6.62. The molecule has 1 unspecified atom stereocenters. The Kier molecular flexibility index (Phi) is 4.97. The Morgan fingerprint density at radius 3 is 2.52 bits per heavy atom. The highest BCUT2D eigenvalue weighted by Gasteiger charge is 2.13. The first kappa shape index (κ1) is 15.9. The van der Waals surface area contributed by atoms with Gasteiger partial charge < -0.3 is 10.5 Å². The van der Waals surface area contributed by atoms with E-state index in [-0.39, 0.29) is 11.7 Å². The van der Waals surface area contributed by atoms with Crippen molar-refractivity contribution in [1.82, 2.24) is 0 Å². The molecule has 2 rings (SSSR count). The SMILES string of the molecule is CC(N)c1cc(Br)ccc1Oc1cc(Br)cc([N+](=O)[O-])c1. The number of benzene rings is 2. The zero-order valence-electron chi connectivity index (χ0n) is 11.0. The second-order valence-corrected chi connectivity index (χ2v) is 6.31. The van der Waals surface area contributed by atoms with Crippen LogP contribution in [-0.2, 0) is 0 Å². The van der Waals surface area contributed by atoms with E-state index in [1.807, 2.05) is 19.1 Å². The molecule has 5 nitrogen and oxygen atoms in total. The summed E-state index contributed by atoms with van der Waals surface area (Å²) in [6.45, 7) is 1.85. The quantitative estimate of drug-likeness (QED) is 0.567. The third kappa shape index (κ3) is 4.03. The molecule has 1 atom stereocenters. The van der Waals surface area contributed by atoms with E-state index in [4.69, 9.17) is 10.5 Å². The summed E-state index contributed by atoms with van der Waals surface area (Å²) in [4.78, 5) is 10.4. The third-order valence-electron chi connectivity index (χ3n) is 2.76. The van der Waals surface area contributed by atoms with Crippen LogP contribution in [-0.4, -0.2) is 4.92 Å². The Morgan fingerprint density at radius 1 is 1.19 bits per heavy atom. The number of halogens is 2. The second kappa shape index (κ2) is 6.55. The predicted octanol–water partition coefficient (Wildman–Crippen LogP) is 4.93. The Labute approximate surface area is 138 Å². The Hall–Kier alpha value is -1.44. The first-order valence-electron chi connectivity index (χ1n) is 6.04. The number of nitrogens with zero attached hydrogens (tertiary/aromatic N) is 1. The van der Waals surface area contributed by atoms with Gasteiger partial charge in [-0.25, -0.2) is 0 Å². The second-order valence-electron chi connectivity index (χ2n) is 4.48. The van der Waals surface area contributed by atoms with E-state index in [1.54, 1.807) is 12.1 Å². The molecule has 0 heterocycles. The van der Waals surface area contributed by atoms with Crippen molar-refractivity contribution in [1.29, 1.82) is 0 Å². The molecule has 0 aliphatic carbocycles. The Morgan fingerprint density at radius 2 is 1.90 bits per heavy atom. The van der Waals surface area contributed by atoms with Crippen LogP contribution in [0, 0.1) is 10.1 Å². The van der Waals surface area contributed by atoms with Gasteiger partial charge >= 0.3 is 0 Å². The molecule has 2 aromatic carbocycles. The van der Waals surface area contributed by atoms with E-state index < -0.39 is 4.92 Å². The number of nitro benzene ring substituents is 1. The zero-order valence-corrected chi connectivity index (χ0v) is 14.2. The van der Waals surface area contributed by atoms with Crippen molar-refractivity contribution in [3.05, 3.63) is 61.0 Å². The molecule has 0 radical (unpaired) electrons. The van der Waals surface area contributed by atoms with Crippen LogP contribution in [0.2, 0.25) is 0 Å². The molecule has 0 amide bonds. The molecule has 21 heavy (non-hydrogen) atoms. The lowest BCUT2D eigenvalue weighted by Crippen LogP contribution is -2.06. The molecule has 2 N–H and O–H groups in total. The summed E-state index contributed by atoms with van der Waals surface area (Å²) in [7, 11) is 0. The fourth-order valence-corrected chi connectivity index (χ4v) is 2.65. The summed E-state index contributed by atoms with van der Waals surface area (Å²) in [6, 6.07) is 9.70. The number of hydrogen-bond acceptors (Lipinski definition) is 4. The molecule has 2 aromatic rings. The maximum absolute atomic E-state index is 10.9. The summed E-state index contributed by atoms with van der Waals surface area (Å²) in [5, 5.41) is 10.9. The first-order chi connectivity index (χ1) is 9.86. The van der Waals surface area contributed by atoms with Gasteiger partial charge in [0.25, 0.3) is 5.69 Å². The van der Waals surface area contributed by atoms with E-state index in [0.29, 0.717) is 16.0 Å². The Balaban J connectivity index is 2.40. The van der Waals surface area contributed by atoms with E-state index in [0.717, 1.165) is 10.0 Å². The molecule has 7 heteroatoms. The van der Waals surface area contributed by atoms with Crippen LogP contribution in [0.15, 0.2) is 45.3 Å². The topological polar surface area (TPSA) is 78.4 Å². The monoisotopic (exact) mass is 414 g/mol. The molecule has 0 saturated carbocycles. The van der Waals surface area contributed by atoms with Crippen LogP contribution in [0.25, 0.3) is 0 Å². The first-order valence-corrected chi connectivity index (χ1v) is 7.63. The lowest BCUT2D eigenvalue weighted by Gasteiger charge is -2.14. The van der Waals surface area contributed by atoms with Gasteiger partial charge in [-0.05, 0) is 31.2 Å². The minimum atomic E-state index is -0.467. The van der Waals surface area contributed by atoms with Gasteiger partial charge in [0.2, 0.25) is 0 Å². The molecule has 0 saturated heterocycles. The third-order valence-corrected chi connectivity index (χ3v) is 3.71. The highest BCUT2D eigenvalue weighted by Crippen LogP contribution is 2.34. The van der Waals surface area contributed by atoms with E-state index in [1.165, 1.54) is 12.1 Å². The van der Waals surface area contributed by atoms with Gasteiger partial charge in [-0.15, -0.1) is 0 Å². The average Bonchev–Trinajstić information content (AvgIpc) is 2.40. The maximum atomic E-state index is 10.9. The van der Waals surface area contributed by atoms with Gasteiger partial charge in [0.15, 0.2) is 0 Å². The lowest BCUT2D eigenvalue weighted by atomic mass is 10.1. The zero-order chi connectivity index (χ0) is 15.6. The summed E-state index contributed by atoms with van der Waals surface area (Å²) < 4.78 is 7.23. The van der Waals surface area contributed by atoms with Gasteiger partial charge in [0, 0.05) is 26.6 Å². The standard InChI is InChI=1S/C14H12Br2N2O3/c1-8(17)13-6-9(15)2-3-14(13)21-12-5-10(16)4-11(7-12)18(19)20/h2-8H,17H2,1H3. The number of nitrogens with two attached hydrogens (primary N) is 1. The number of nitro groups is 1. The fourth-order valence-electron chi connectivity index (χ4n) is 1.81. The highest BCUT2D eigenvalue weighted by molar-refractivity contribution is 9.10. The van der Waals surface area contributed by atoms with E-state index >= 15 is 0 Å². The van der Waals surface area contributed by atoms with Crippen LogP contribution >= 0.6 is 31.9 Å². The van der Waals surface area contributed by atoms with Gasteiger partial charge in [-0.1, -0.05) is 31.9 Å². The van der Waals surface area contributed by atoms with Gasteiger partial charge in [-0.3, -0.25) is 10.1 Å². The minimum Gasteiger partial charge on any atom is -0.457 e. The normalized spacial score (nSPS) is 12.0. The Bertz CT molecular complexity index is 690. The van der Waals surface area contributed by atoms with E-state index in [2.05, 4.69) is 31.9 Å². The molecular formula is C14H12Br2N2O3. The molecule has 0 aliphatic rings. The van der Waals surface area contributed by atoms with Gasteiger partial charge in [0.1, 0.15) is 11.5 Å². The van der Waals surface area contributed by atoms with Gasteiger partial charge in [-0.2, -0.15) is 0 Å². The molecular weight excluding hydrogens is 404 g/mol. The van der Waals surface area contributed by atoms with Crippen molar-refractivity contribution >= 4 is 37.5 Å². The van der Waals surface area contributed by atoms with Crippen LogP contribution < -0.4 is 10.5 Å². The molecule has 0 fully saturated rings. The number of hydrogen-bond donors (Lipinski definition) is 1. The number of non-ortho nitro benzene ring substituents is 1.